The summed E-state index contributed by atoms with van der Waals surface area (Å²) >= 11 is 6.20. The first-order chi connectivity index (χ1) is 16.3. The normalized spacial score (nSPS) is 27.0. The molecule has 0 aliphatic heterocycles. The molecule has 2 aromatic carbocycles. The maximum Gasteiger partial charge on any atom is 0.255 e. The summed E-state index contributed by atoms with van der Waals surface area (Å²) in [5, 5.41) is 22.3. The average molecular weight is 532 g/mol. The first kappa shape index (κ1) is 25.9. The van der Waals surface area contributed by atoms with Crippen molar-refractivity contribution in [2.75, 3.05) is 5.32 Å². The van der Waals surface area contributed by atoms with E-state index in [1.165, 1.54) is 12.1 Å². The van der Waals surface area contributed by atoms with Crippen LogP contribution in [0.5, 0.6) is 0 Å². The van der Waals surface area contributed by atoms with Crippen molar-refractivity contribution >= 4 is 33.0 Å². The number of fused-ring (bicyclic) bond motifs is 2. The summed E-state index contributed by atoms with van der Waals surface area (Å²) in [6.45, 7) is 1.59. The van der Waals surface area contributed by atoms with Crippen LogP contribution in [0.2, 0.25) is 5.02 Å². The van der Waals surface area contributed by atoms with Crippen molar-refractivity contribution in [3.05, 3.63) is 58.4 Å². The first-order valence-corrected chi connectivity index (χ1v) is 13.1. The number of aliphatic hydroxyl groups is 2. The van der Waals surface area contributed by atoms with Crippen LogP contribution in [0.25, 0.3) is 0 Å². The van der Waals surface area contributed by atoms with Gasteiger partial charge < -0.3 is 15.5 Å². The van der Waals surface area contributed by atoms with Crippen molar-refractivity contribution < 1.29 is 36.6 Å². The van der Waals surface area contributed by atoms with Crippen LogP contribution < -0.4 is 5.32 Å². The fourth-order valence-corrected chi connectivity index (χ4v) is 7.95. The molecule has 190 valence electrons. The highest BCUT2D eigenvalue weighted by atomic mass is 35.5. The van der Waals surface area contributed by atoms with Gasteiger partial charge in [-0.1, -0.05) is 11.6 Å². The molecule has 11 heteroatoms. The zero-order chi connectivity index (χ0) is 25.7. The van der Waals surface area contributed by atoms with Gasteiger partial charge in [0.25, 0.3) is 5.91 Å². The number of benzene rings is 2. The number of carbonyl (C=O) groups excluding carboxylic acids is 1. The highest BCUT2D eigenvalue weighted by Crippen LogP contribution is 2.53. The lowest BCUT2D eigenvalue weighted by molar-refractivity contribution is -0.0861. The van der Waals surface area contributed by atoms with E-state index >= 15 is 0 Å². The fourth-order valence-electron chi connectivity index (χ4n) is 5.54. The number of hydrogen-bond acceptors (Lipinski definition) is 5. The zero-order valence-corrected chi connectivity index (χ0v) is 20.3. The molecule has 0 radical (unpaired) electrons. The number of anilines is 1. The number of hydrogen-bond donors (Lipinski definition) is 3. The summed E-state index contributed by atoms with van der Waals surface area (Å²) in [7, 11) is -4.00. The largest absolute Gasteiger partial charge is 0.393 e. The Morgan fingerprint density at radius 1 is 1.14 bits per heavy atom. The second-order valence-electron chi connectivity index (χ2n) is 9.51. The Morgan fingerprint density at radius 3 is 2.26 bits per heavy atom. The third-order valence-corrected chi connectivity index (χ3v) is 9.83. The molecule has 35 heavy (non-hydrogen) atoms. The van der Waals surface area contributed by atoms with Crippen LogP contribution in [0.4, 0.5) is 18.9 Å². The van der Waals surface area contributed by atoms with Gasteiger partial charge in [0, 0.05) is 29.8 Å². The molecular formula is C24H25ClF3NO5S. The maximum absolute atomic E-state index is 13.5. The molecule has 2 aromatic rings. The van der Waals surface area contributed by atoms with Gasteiger partial charge in [0.05, 0.1) is 26.9 Å². The monoisotopic (exact) mass is 531 g/mol. The summed E-state index contributed by atoms with van der Waals surface area (Å²) < 4.78 is 67.2. The van der Waals surface area contributed by atoms with Gasteiger partial charge in [-0.15, -0.1) is 0 Å². The van der Waals surface area contributed by atoms with E-state index in [4.69, 9.17) is 11.6 Å². The van der Waals surface area contributed by atoms with Gasteiger partial charge in [-0.3, -0.25) is 4.79 Å². The van der Waals surface area contributed by atoms with Crippen molar-refractivity contribution in [3.8, 4) is 0 Å². The molecule has 3 N–H and O–H groups in total. The van der Waals surface area contributed by atoms with Crippen molar-refractivity contribution in [2.45, 2.75) is 60.9 Å². The lowest BCUT2D eigenvalue weighted by atomic mass is 9.71. The highest BCUT2D eigenvalue weighted by molar-refractivity contribution is 7.92. The van der Waals surface area contributed by atoms with Gasteiger partial charge in [-0.25, -0.2) is 21.6 Å². The van der Waals surface area contributed by atoms with Crippen LogP contribution in [-0.4, -0.2) is 41.5 Å². The Kier molecular flexibility index (Phi) is 6.95. The molecule has 0 spiro atoms. The van der Waals surface area contributed by atoms with Gasteiger partial charge >= 0.3 is 0 Å². The number of carbonyl (C=O) groups is 1. The highest BCUT2D eigenvalue weighted by Gasteiger charge is 2.55. The number of halogens is 4. The summed E-state index contributed by atoms with van der Waals surface area (Å²) in [6, 6.07) is 4.82. The van der Waals surface area contributed by atoms with E-state index in [0.29, 0.717) is 25.0 Å². The van der Waals surface area contributed by atoms with E-state index in [1.54, 1.807) is 6.92 Å². The summed E-state index contributed by atoms with van der Waals surface area (Å²) in [4.78, 5) is 12.4. The van der Waals surface area contributed by atoms with E-state index in [1.807, 2.05) is 0 Å². The molecule has 3 atom stereocenters. The lowest BCUT2D eigenvalue weighted by Gasteiger charge is -2.43. The lowest BCUT2D eigenvalue weighted by Crippen LogP contribution is -2.49. The number of nitrogens with one attached hydrogen (secondary N) is 1. The van der Waals surface area contributed by atoms with Crippen LogP contribution in [0.3, 0.4) is 0 Å². The zero-order valence-electron chi connectivity index (χ0n) is 18.8. The van der Waals surface area contributed by atoms with Crippen molar-refractivity contribution in [1.29, 1.82) is 0 Å². The van der Waals surface area contributed by atoms with E-state index in [-0.39, 0.29) is 52.3 Å². The summed E-state index contributed by atoms with van der Waals surface area (Å²) in [6.07, 6.45) is 1.16. The van der Waals surface area contributed by atoms with Crippen LogP contribution in [0.15, 0.2) is 35.2 Å². The molecular weight excluding hydrogens is 507 g/mol. The van der Waals surface area contributed by atoms with E-state index < -0.39 is 50.2 Å². The fraction of sp³-hybridized carbons (Fsp3) is 0.458. The summed E-state index contributed by atoms with van der Waals surface area (Å²) in [5.41, 5.74) is -1.58. The second kappa shape index (κ2) is 9.38. The van der Waals surface area contributed by atoms with Gasteiger partial charge in [0.15, 0.2) is 27.3 Å². The Morgan fingerprint density at radius 2 is 1.71 bits per heavy atom. The van der Waals surface area contributed by atoms with E-state index in [0.717, 1.165) is 6.07 Å². The molecule has 0 aromatic heterocycles. The Bertz CT molecular complexity index is 1230. The third-order valence-electron chi connectivity index (χ3n) is 7.18. The molecule has 2 bridgehead atoms. The van der Waals surface area contributed by atoms with Crippen molar-refractivity contribution in [2.24, 2.45) is 11.8 Å². The van der Waals surface area contributed by atoms with E-state index in [9.17, 15) is 36.6 Å². The molecule has 2 fully saturated rings. The topological polar surface area (TPSA) is 104 Å². The number of rotatable bonds is 6. The molecule has 3 unspecified atom stereocenters. The smallest absolute Gasteiger partial charge is 0.255 e. The predicted molar refractivity (Wildman–Crippen MR) is 123 cm³/mol. The van der Waals surface area contributed by atoms with Gasteiger partial charge in [-0.2, -0.15) is 0 Å². The number of amides is 1. The Balaban J connectivity index is 1.58. The maximum atomic E-state index is 13.5. The van der Waals surface area contributed by atoms with Gasteiger partial charge in [0.1, 0.15) is 0 Å². The number of aliphatic hydroxyl groups excluding tert-OH is 1. The molecule has 2 aliphatic carbocycles. The average Bonchev–Trinajstić information content (AvgIpc) is 2.93. The second-order valence-corrected chi connectivity index (χ2v) is 12.1. The Hall–Kier alpha value is -2.14. The molecule has 4 rings (SSSR count). The molecule has 0 heterocycles. The minimum atomic E-state index is -4.00. The van der Waals surface area contributed by atoms with Crippen molar-refractivity contribution in [3.63, 3.8) is 0 Å². The van der Waals surface area contributed by atoms with Crippen LogP contribution in [0, 0.1) is 29.3 Å². The Labute approximate surface area is 206 Å². The van der Waals surface area contributed by atoms with Crippen LogP contribution >= 0.6 is 11.6 Å². The van der Waals surface area contributed by atoms with Crippen molar-refractivity contribution in [1.82, 2.24) is 0 Å². The van der Waals surface area contributed by atoms with Gasteiger partial charge in [0.2, 0.25) is 0 Å². The van der Waals surface area contributed by atoms with Crippen LogP contribution in [-0.2, 0) is 9.84 Å². The SMILES string of the molecule is CC(O)CC1(O)C2CCC1CC(S(=O)(=O)c1cc(C(=O)Nc3cc(F)c(F)c(F)c3)ccc1Cl)C2. The molecule has 0 saturated heterocycles. The van der Waals surface area contributed by atoms with Gasteiger partial charge in [-0.05, 0) is 62.6 Å². The standard InChI is InChI=1S/C24H25ClF3NO5S/c1-12(30)11-24(32)14-3-4-15(24)8-17(7-14)35(33,34)21-6-13(2-5-18(21)25)23(31)29-16-9-19(26)22(28)20(27)10-16/h2,5-6,9-10,12,14-15,17,30,32H,3-4,7-8,11H2,1H3,(H,29,31). The minimum absolute atomic E-state index is 0.0856. The van der Waals surface area contributed by atoms with E-state index in [2.05, 4.69) is 5.32 Å². The molecule has 2 aliphatic rings. The minimum Gasteiger partial charge on any atom is -0.393 e. The third kappa shape index (κ3) is 4.81. The predicted octanol–water partition coefficient (Wildman–Crippen LogP) is 4.47. The molecule has 2 saturated carbocycles. The van der Waals surface area contributed by atoms with Crippen LogP contribution in [0.1, 0.15) is 49.4 Å². The number of sulfone groups is 1. The molecule has 6 nitrogen and oxygen atoms in total. The summed E-state index contributed by atoms with van der Waals surface area (Å²) in [5.74, 6) is -6.08. The first-order valence-electron chi connectivity index (χ1n) is 11.2. The molecule has 1 amide bonds. The quantitative estimate of drug-likeness (QED) is 0.477.